The first-order valence-corrected chi connectivity index (χ1v) is 10.8. The summed E-state index contributed by atoms with van der Waals surface area (Å²) < 4.78 is 29.3. The summed E-state index contributed by atoms with van der Waals surface area (Å²) in [5.41, 5.74) is 2.51. The molecule has 0 N–H and O–H groups in total. The Morgan fingerprint density at radius 1 is 1.12 bits per heavy atom. The van der Waals surface area contributed by atoms with Crippen LogP contribution in [-0.2, 0) is 11.4 Å². The van der Waals surface area contributed by atoms with Crippen LogP contribution < -0.4 is 5.56 Å². The van der Waals surface area contributed by atoms with Gasteiger partial charge in [0.2, 0.25) is 0 Å². The van der Waals surface area contributed by atoms with Gasteiger partial charge in [-0.15, -0.1) is 11.3 Å². The van der Waals surface area contributed by atoms with Gasteiger partial charge in [-0.2, -0.15) is 0 Å². The summed E-state index contributed by atoms with van der Waals surface area (Å²) in [6.45, 7) is 0.0474. The lowest BCUT2D eigenvalue weighted by Gasteiger charge is -2.13. The number of aromatic nitrogens is 2. The van der Waals surface area contributed by atoms with E-state index in [0.29, 0.717) is 11.3 Å². The molecule has 0 radical (unpaired) electrons. The summed E-state index contributed by atoms with van der Waals surface area (Å²) in [6.07, 6.45) is 1.42. The van der Waals surface area contributed by atoms with Gasteiger partial charge in [-0.25, -0.2) is 13.8 Å². The Hall–Kier alpha value is -3.07. The minimum absolute atomic E-state index is 0.0138. The van der Waals surface area contributed by atoms with Gasteiger partial charge in [0.05, 0.1) is 26.9 Å². The van der Waals surface area contributed by atoms with Gasteiger partial charge >= 0.3 is 0 Å². The second-order valence-corrected chi connectivity index (χ2v) is 8.05. The first-order valence-electron chi connectivity index (χ1n) is 9.14. The van der Waals surface area contributed by atoms with Gasteiger partial charge in [-0.05, 0) is 30.3 Å². The van der Waals surface area contributed by atoms with E-state index in [9.17, 15) is 13.6 Å². The van der Waals surface area contributed by atoms with E-state index < -0.39 is 17.2 Å². The molecule has 2 aromatic heterocycles. The standard InChI is InChI=1S/C22H13Cl2F2N3O2S/c23-17-2-1-3-18(24)22(17)29-9-13(4-7-20(29)30)21(16-6-5-14(25)8-19(16)26)28-31-10-15-11-32-12-27-15/h1-9,11-12H,10H2/b28-21-. The molecule has 0 saturated carbocycles. The molecular formula is C22H13Cl2F2N3O2S. The highest BCUT2D eigenvalue weighted by Crippen LogP contribution is 2.28. The monoisotopic (exact) mass is 491 g/mol. The minimum atomic E-state index is -0.838. The van der Waals surface area contributed by atoms with Gasteiger partial charge in [-0.3, -0.25) is 9.36 Å². The molecule has 4 aromatic rings. The van der Waals surface area contributed by atoms with Gasteiger partial charge < -0.3 is 4.84 Å². The largest absolute Gasteiger partial charge is 0.389 e. The van der Waals surface area contributed by atoms with Crippen molar-refractivity contribution in [3.8, 4) is 5.69 Å². The number of hydrogen-bond donors (Lipinski definition) is 0. The molecule has 0 aliphatic rings. The van der Waals surface area contributed by atoms with E-state index in [1.165, 1.54) is 40.3 Å². The van der Waals surface area contributed by atoms with Crippen LogP contribution in [0, 0.1) is 11.6 Å². The fourth-order valence-corrected chi connectivity index (χ4v) is 4.05. The number of oxime groups is 1. The van der Waals surface area contributed by atoms with Crippen molar-refractivity contribution in [3.63, 3.8) is 0 Å². The fourth-order valence-electron chi connectivity index (χ4n) is 2.93. The predicted molar refractivity (Wildman–Crippen MR) is 121 cm³/mol. The SMILES string of the molecule is O=c1ccc(/C(=N/OCc2cscn2)c2ccc(F)cc2F)cn1-c1c(Cl)cccc1Cl. The van der Waals surface area contributed by atoms with E-state index in [0.717, 1.165) is 12.1 Å². The average molecular weight is 492 g/mol. The number of thiazole rings is 1. The zero-order chi connectivity index (χ0) is 22.7. The molecule has 0 unspecified atom stereocenters. The second-order valence-electron chi connectivity index (χ2n) is 6.51. The van der Waals surface area contributed by atoms with E-state index in [1.807, 2.05) is 0 Å². The Bertz CT molecular complexity index is 1340. The number of hydrogen-bond acceptors (Lipinski definition) is 5. The van der Waals surface area contributed by atoms with Crippen LogP contribution in [0.1, 0.15) is 16.8 Å². The Balaban J connectivity index is 1.83. The lowest BCUT2D eigenvalue weighted by molar-refractivity contribution is 0.128. The molecule has 2 aromatic carbocycles. The van der Waals surface area contributed by atoms with Crippen molar-refractivity contribution < 1.29 is 13.6 Å². The van der Waals surface area contributed by atoms with Crippen molar-refractivity contribution in [3.05, 3.63) is 114 Å². The second kappa shape index (κ2) is 9.60. The number of rotatable bonds is 6. The normalized spacial score (nSPS) is 11.6. The van der Waals surface area contributed by atoms with Gasteiger partial charge in [0.15, 0.2) is 6.61 Å². The van der Waals surface area contributed by atoms with Crippen molar-refractivity contribution in [2.24, 2.45) is 5.16 Å². The van der Waals surface area contributed by atoms with E-state index in [2.05, 4.69) is 10.1 Å². The molecule has 0 amide bonds. The molecule has 0 fully saturated rings. The number of halogens is 4. The number of para-hydroxylation sites is 1. The molecule has 32 heavy (non-hydrogen) atoms. The summed E-state index contributed by atoms with van der Waals surface area (Å²) >= 11 is 13.9. The van der Waals surface area contributed by atoms with Crippen molar-refractivity contribution in [2.75, 3.05) is 0 Å². The van der Waals surface area contributed by atoms with Gasteiger partial charge in [0.1, 0.15) is 17.3 Å². The summed E-state index contributed by atoms with van der Waals surface area (Å²) in [4.78, 5) is 22.0. The molecular weight excluding hydrogens is 479 g/mol. The van der Waals surface area contributed by atoms with Crippen molar-refractivity contribution in [1.29, 1.82) is 0 Å². The third-order valence-corrected chi connectivity index (χ3v) is 5.65. The van der Waals surface area contributed by atoms with E-state index >= 15 is 0 Å². The average Bonchev–Trinajstić information content (AvgIpc) is 3.27. The van der Waals surface area contributed by atoms with Crippen LogP contribution in [0.15, 0.2) is 75.6 Å². The topological polar surface area (TPSA) is 56.5 Å². The third-order valence-electron chi connectivity index (χ3n) is 4.40. The van der Waals surface area contributed by atoms with E-state index in [4.69, 9.17) is 28.0 Å². The van der Waals surface area contributed by atoms with Gasteiger partial charge in [0.25, 0.3) is 5.56 Å². The van der Waals surface area contributed by atoms with Crippen LogP contribution in [-0.4, -0.2) is 15.3 Å². The molecule has 162 valence electrons. The van der Waals surface area contributed by atoms with Crippen molar-refractivity contribution in [1.82, 2.24) is 9.55 Å². The Morgan fingerprint density at radius 3 is 2.59 bits per heavy atom. The lowest BCUT2D eigenvalue weighted by Crippen LogP contribution is -2.20. The number of benzene rings is 2. The molecule has 0 aliphatic carbocycles. The maximum absolute atomic E-state index is 14.6. The lowest BCUT2D eigenvalue weighted by atomic mass is 10.0. The van der Waals surface area contributed by atoms with E-state index in [-0.39, 0.29) is 33.6 Å². The van der Waals surface area contributed by atoms with Crippen LogP contribution in [0.25, 0.3) is 5.69 Å². The molecule has 0 atom stereocenters. The fraction of sp³-hybridized carbons (Fsp3) is 0.0455. The summed E-state index contributed by atoms with van der Waals surface area (Å²) in [6, 6.07) is 10.6. The summed E-state index contributed by atoms with van der Waals surface area (Å²) in [7, 11) is 0. The van der Waals surface area contributed by atoms with Crippen LogP contribution in [0.5, 0.6) is 0 Å². The van der Waals surface area contributed by atoms with E-state index in [1.54, 1.807) is 29.1 Å². The number of pyridine rings is 1. The molecule has 2 heterocycles. The maximum Gasteiger partial charge on any atom is 0.255 e. The zero-order valence-electron chi connectivity index (χ0n) is 16.1. The highest BCUT2D eigenvalue weighted by molar-refractivity contribution is 7.07. The number of nitrogens with zero attached hydrogens (tertiary/aromatic N) is 3. The molecule has 0 saturated heterocycles. The van der Waals surface area contributed by atoms with Crippen molar-refractivity contribution >= 4 is 40.3 Å². The quantitative estimate of drug-likeness (QED) is 0.251. The first kappa shape index (κ1) is 22.1. The van der Waals surface area contributed by atoms with Gasteiger partial charge in [-0.1, -0.05) is 34.4 Å². The smallest absolute Gasteiger partial charge is 0.255 e. The molecule has 5 nitrogen and oxygen atoms in total. The van der Waals surface area contributed by atoms with Crippen LogP contribution >= 0.6 is 34.5 Å². The molecule has 4 rings (SSSR count). The minimum Gasteiger partial charge on any atom is -0.389 e. The molecule has 0 bridgehead atoms. The summed E-state index contributed by atoms with van der Waals surface area (Å²) in [5.74, 6) is -1.57. The zero-order valence-corrected chi connectivity index (χ0v) is 18.5. The molecule has 10 heteroatoms. The Labute approximate surface area is 195 Å². The van der Waals surface area contributed by atoms with Crippen LogP contribution in [0.4, 0.5) is 8.78 Å². The Morgan fingerprint density at radius 2 is 1.91 bits per heavy atom. The van der Waals surface area contributed by atoms with Gasteiger partial charge in [0, 0.05) is 34.8 Å². The summed E-state index contributed by atoms with van der Waals surface area (Å²) in [5, 5.41) is 6.37. The third kappa shape index (κ3) is 4.72. The maximum atomic E-state index is 14.6. The highest BCUT2D eigenvalue weighted by atomic mass is 35.5. The van der Waals surface area contributed by atoms with Crippen molar-refractivity contribution in [2.45, 2.75) is 6.61 Å². The predicted octanol–water partition coefficient (Wildman–Crippen LogP) is 5.85. The molecule has 0 aliphatic heterocycles. The first-order chi connectivity index (χ1) is 15.4. The van der Waals surface area contributed by atoms with Crippen LogP contribution in [0.2, 0.25) is 10.0 Å². The van der Waals surface area contributed by atoms with Crippen LogP contribution in [0.3, 0.4) is 0 Å². The molecule has 0 spiro atoms. The Kier molecular flexibility index (Phi) is 6.64. The highest BCUT2D eigenvalue weighted by Gasteiger charge is 2.17.